The molecule has 3 N–H and O–H groups in total. The Balaban J connectivity index is 1.69. The first kappa shape index (κ1) is 18.8. The van der Waals surface area contributed by atoms with E-state index in [-0.39, 0.29) is 18.4 Å². The van der Waals surface area contributed by atoms with Gasteiger partial charge in [0.2, 0.25) is 5.91 Å². The van der Waals surface area contributed by atoms with Crippen molar-refractivity contribution in [3.8, 4) is 11.3 Å². The summed E-state index contributed by atoms with van der Waals surface area (Å²) in [6.45, 7) is -0.0381. The van der Waals surface area contributed by atoms with Crippen LogP contribution in [0.25, 0.3) is 11.3 Å². The second kappa shape index (κ2) is 8.61. The summed E-state index contributed by atoms with van der Waals surface area (Å²) in [4.78, 5) is 24.0. The van der Waals surface area contributed by atoms with E-state index in [0.29, 0.717) is 22.8 Å². The number of carbonyl (C=O) groups is 2. The van der Waals surface area contributed by atoms with Gasteiger partial charge in [-0.25, -0.2) is 0 Å². The fourth-order valence-electron chi connectivity index (χ4n) is 2.41. The number of aromatic nitrogens is 2. The van der Waals surface area contributed by atoms with E-state index in [1.54, 1.807) is 30.3 Å². The van der Waals surface area contributed by atoms with Gasteiger partial charge in [0.1, 0.15) is 12.3 Å². The zero-order chi connectivity index (χ0) is 19.2. The van der Waals surface area contributed by atoms with E-state index in [1.807, 2.05) is 24.3 Å². The number of hydrogen-bond acceptors (Lipinski definition) is 4. The molecule has 0 saturated heterocycles. The van der Waals surface area contributed by atoms with Gasteiger partial charge in [-0.3, -0.25) is 14.7 Å². The van der Waals surface area contributed by atoms with Crippen molar-refractivity contribution < 1.29 is 14.3 Å². The van der Waals surface area contributed by atoms with Crippen molar-refractivity contribution in [1.82, 2.24) is 10.2 Å². The Kier molecular flexibility index (Phi) is 6.00. The van der Waals surface area contributed by atoms with Gasteiger partial charge in [-0.15, -0.1) is 0 Å². The van der Waals surface area contributed by atoms with Crippen LogP contribution in [0, 0.1) is 0 Å². The SMILES string of the molecule is COCC(=O)Nc1cccc(NC(=O)c2cc(-c3ccc(Br)cc3)n[nH]2)c1. The molecule has 1 heterocycles. The fraction of sp³-hybridized carbons (Fsp3) is 0.105. The maximum Gasteiger partial charge on any atom is 0.273 e. The first-order valence-electron chi connectivity index (χ1n) is 8.07. The maximum atomic E-state index is 12.5. The van der Waals surface area contributed by atoms with E-state index < -0.39 is 0 Å². The van der Waals surface area contributed by atoms with E-state index in [4.69, 9.17) is 4.74 Å². The van der Waals surface area contributed by atoms with Crippen molar-refractivity contribution in [2.45, 2.75) is 0 Å². The molecule has 27 heavy (non-hydrogen) atoms. The Labute approximate surface area is 164 Å². The molecule has 2 amide bonds. The van der Waals surface area contributed by atoms with Gasteiger partial charge in [-0.1, -0.05) is 34.1 Å². The van der Waals surface area contributed by atoms with E-state index in [9.17, 15) is 9.59 Å². The third kappa shape index (κ3) is 5.02. The summed E-state index contributed by atoms with van der Waals surface area (Å²) in [7, 11) is 1.45. The molecule has 0 fully saturated rings. The molecule has 0 unspecified atom stereocenters. The van der Waals surface area contributed by atoms with Gasteiger partial charge in [0.15, 0.2) is 0 Å². The molecule has 3 rings (SSSR count). The van der Waals surface area contributed by atoms with Crippen molar-refractivity contribution in [2.75, 3.05) is 24.4 Å². The van der Waals surface area contributed by atoms with Gasteiger partial charge in [0, 0.05) is 28.5 Å². The van der Waals surface area contributed by atoms with Gasteiger partial charge in [-0.2, -0.15) is 5.10 Å². The summed E-state index contributed by atoms with van der Waals surface area (Å²) in [5.41, 5.74) is 3.02. The first-order valence-corrected chi connectivity index (χ1v) is 8.86. The topological polar surface area (TPSA) is 96.1 Å². The summed E-state index contributed by atoms with van der Waals surface area (Å²) in [5.74, 6) is -0.597. The molecule has 8 heteroatoms. The molecule has 0 atom stereocenters. The number of nitrogens with one attached hydrogen (secondary N) is 3. The molecular weight excluding hydrogens is 412 g/mol. The van der Waals surface area contributed by atoms with E-state index in [2.05, 4.69) is 36.8 Å². The van der Waals surface area contributed by atoms with Crippen LogP contribution in [-0.2, 0) is 9.53 Å². The molecule has 0 aliphatic heterocycles. The quantitative estimate of drug-likeness (QED) is 0.557. The van der Waals surface area contributed by atoms with Crippen LogP contribution in [0.3, 0.4) is 0 Å². The van der Waals surface area contributed by atoms with Crippen molar-refractivity contribution in [1.29, 1.82) is 0 Å². The smallest absolute Gasteiger partial charge is 0.273 e. The van der Waals surface area contributed by atoms with Crippen LogP contribution in [0.2, 0.25) is 0 Å². The van der Waals surface area contributed by atoms with Gasteiger partial charge >= 0.3 is 0 Å². The molecule has 0 spiro atoms. The number of H-pyrrole nitrogens is 1. The minimum atomic E-state index is -0.328. The zero-order valence-electron chi connectivity index (χ0n) is 14.5. The Hall–Kier alpha value is -2.97. The molecule has 0 radical (unpaired) electrons. The number of anilines is 2. The van der Waals surface area contributed by atoms with Crippen LogP contribution < -0.4 is 10.6 Å². The van der Waals surface area contributed by atoms with Crippen LogP contribution in [-0.4, -0.2) is 35.7 Å². The Morgan fingerprint density at radius 2 is 1.78 bits per heavy atom. The average Bonchev–Trinajstić information content (AvgIpc) is 3.13. The molecular formula is C19H17BrN4O3. The van der Waals surface area contributed by atoms with Gasteiger partial charge < -0.3 is 15.4 Å². The molecule has 1 aromatic heterocycles. The predicted molar refractivity (Wildman–Crippen MR) is 107 cm³/mol. The number of benzene rings is 2. The van der Waals surface area contributed by atoms with Crippen LogP contribution in [0.15, 0.2) is 59.1 Å². The van der Waals surface area contributed by atoms with E-state index in [0.717, 1.165) is 10.0 Å². The van der Waals surface area contributed by atoms with Gasteiger partial charge in [-0.05, 0) is 36.4 Å². The normalized spacial score (nSPS) is 10.4. The van der Waals surface area contributed by atoms with E-state index >= 15 is 0 Å². The lowest BCUT2D eigenvalue weighted by atomic mass is 10.1. The minimum absolute atomic E-state index is 0.0381. The number of aromatic amines is 1. The van der Waals surface area contributed by atoms with Gasteiger partial charge in [0.25, 0.3) is 5.91 Å². The van der Waals surface area contributed by atoms with Gasteiger partial charge in [0.05, 0.1) is 5.69 Å². The second-order valence-corrected chi connectivity index (χ2v) is 6.61. The molecule has 2 aromatic carbocycles. The highest BCUT2D eigenvalue weighted by molar-refractivity contribution is 9.10. The lowest BCUT2D eigenvalue weighted by molar-refractivity contribution is -0.119. The number of nitrogens with zero attached hydrogens (tertiary/aromatic N) is 1. The average molecular weight is 429 g/mol. The summed E-state index contributed by atoms with van der Waals surface area (Å²) >= 11 is 3.39. The van der Waals surface area contributed by atoms with Crippen molar-refractivity contribution >= 4 is 39.1 Å². The lowest BCUT2D eigenvalue weighted by Crippen LogP contribution is -2.17. The summed E-state index contributed by atoms with van der Waals surface area (Å²) < 4.78 is 5.75. The highest BCUT2D eigenvalue weighted by Gasteiger charge is 2.12. The van der Waals surface area contributed by atoms with Crippen LogP contribution in [0.1, 0.15) is 10.5 Å². The Morgan fingerprint density at radius 3 is 2.48 bits per heavy atom. The standard InChI is InChI=1S/C19H17BrN4O3/c1-27-11-18(25)21-14-3-2-4-15(9-14)22-19(26)17-10-16(23-24-17)12-5-7-13(20)8-6-12/h2-10H,11H2,1H3,(H,21,25)(H,22,26)(H,23,24). The summed E-state index contributed by atoms with van der Waals surface area (Å²) in [6, 6.07) is 16.2. The molecule has 7 nitrogen and oxygen atoms in total. The first-order chi connectivity index (χ1) is 13.0. The lowest BCUT2D eigenvalue weighted by Gasteiger charge is -2.08. The number of hydrogen-bond donors (Lipinski definition) is 3. The Bertz CT molecular complexity index is 954. The number of ether oxygens (including phenoxy) is 1. The largest absolute Gasteiger partial charge is 0.375 e. The van der Waals surface area contributed by atoms with Crippen LogP contribution in [0.5, 0.6) is 0 Å². The molecule has 138 valence electrons. The number of halogens is 1. The van der Waals surface area contributed by atoms with Crippen LogP contribution >= 0.6 is 15.9 Å². The monoisotopic (exact) mass is 428 g/mol. The van der Waals surface area contributed by atoms with Crippen molar-refractivity contribution in [3.63, 3.8) is 0 Å². The van der Waals surface area contributed by atoms with Crippen molar-refractivity contribution in [3.05, 3.63) is 64.8 Å². The Morgan fingerprint density at radius 1 is 1.07 bits per heavy atom. The third-order valence-corrected chi connectivity index (χ3v) is 4.17. The minimum Gasteiger partial charge on any atom is -0.375 e. The fourth-order valence-corrected chi connectivity index (χ4v) is 2.67. The summed E-state index contributed by atoms with van der Waals surface area (Å²) in [6.07, 6.45) is 0. The van der Waals surface area contributed by atoms with Crippen LogP contribution in [0.4, 0.5) is 11.4 Å². The molecule has 0 bridgehead atoms. The highest BCUT2D eigenvalue weighted by atomic mass is 79.9. The molecule has 0 aliphatic carbocycles. The number of methoxy groups -OCH3 is 1. The molecule has 0 saturated carbocycles. The molecule has 3 aromatic rings. The second-order valence-electron chi connectivity index (χ2n) is 5.69. The van der Waals surface area contributed by atoms with Crippen molar-refractivity contribution in [2.24, 2.45) is 0 Å². The number of amides is 2. The summed E-state index contributed by atoms with van der Waals surface area (Å²) in [5, 5.41) is 12.4. The third-order valence-electron chi connectivity index (χ3n) is 3.64. The van der Waals surface area contributed by atoms with E-state index in [1.165, 1.54) is 7.11 Å². The predicted octanol–water partition coefficient (Wildman–Crippen LogP) is 3.68. The number of carbonyl (C=O) groups excluding carboxylic acids is 2. The zero-order valence-corrected chi connectivity index (χ0v) is 16.0. The maximum absolute atomic E-state index is 12.5. The number of rotatable bonds is 6. The highest BCUT2D eigenvalue weighted by Crippen LogP contribution is 2.21. The molecule has 0 aliphatic rings.